The zero-order valence-corrected chi connectivity index (χ0v) is 11.6. The van der Waals surface area contributed by atoms with E-state index in [1.807, 2.05) is 42.3 Å². The van der Waals surface area contributed by atoms with Gasteiger partial charge in [0, 0.05) is 25.7 Å². The molecule has 0 heterocycles. The highest BCUT2D eigenvalue weighted by Gasteiger charge is 2.12. The summed E-state index contributed by atoms with van der Waals surface area (Å²) in [5, 5.41) is 2.27. The van der Waals surface area contributed by atoms with Gasteiger partial charge >= 0.3 is 0 Å². The Bertz CT molecular complexity index is 597. The molecule has 2 aromatic carbocycles. The number of anilines is 2. The fourth-order valence-electron chi connectivity index (χ4n) is 1.90. The van der Waals surface area contributed by atoms with Crippen LogP contribution in [0.2, 0.25) is 0 Å². The van der Waals surface area contributed by atoms with E-state index in [9.17, 15) is 13.6 Å². The minimum absolute atomic E-state index is 0.138. The maximum Gasteiger partial charge on any atom is 0.226 e. The first kappa shape index (κ1) is 15.0. The van der Waals surface area contributed by atoms with Crippen LogP contribution in [-0.2, 0) is 4.79 Å². The molecule has 5 heteroatoms. The molecule has 0 radical (unpaired) electrons. The Hall–Kier alpha value is -2.43. The predicted molar refractivity (Wildman–Crippen MR) is 79.3 cm³/mol. The van der Waals surface area contributed by atoms with Gasteiger partial charge in [0.25, 0.3) is 0 Å². The van der Waals surface area contributed by atoms with Crippen molar-refractivity contribution in [2.45, 2.75) is 6.42 Å². The fourth-order valence-corrected chi connectivity index (χ4v) is 1.90. The van der Waals surface area contributed by atoms with Crippen molar-refractivity contribution in [3.05, 3.63) is 60.2 Å². The quantitative estimate of drug-likeness (QED) is 0.915. The van der Waals surface area contributed by atoms with Crippen molar-refractivity contribution in [3.63, 3.8) is 0 Å². The van der Waals surface area contributed by atoms with Crippen molar-refractivity contribution in [3.8, 4) is 0 Å². The summed E-state index contributed by atoms with van der Waals surface area (Å²) in [5.41, 5.74) is 0.576. The molecule has 0 atom stereocenters. The highest BCUT2D eigenvalue weighted by atomic mass is 19.1. The molecule has 0 unspecified atom stereocenters. The van der Waals surface area contributed by atoms with Crippen molar-refractivity contribution in [2.75, 3.05) is 23.8 Å². The molecule has 0 fully saturated rings. The molecule has 0 saturated carbocycles. The van der Waals surface area contributed by atoms with E-state index in [1.165, 1.54) is 6.07 Å². The van der Waals surface area contributed by atoms with Crippen LogP contribution in [-0.4, -0.2) is 19.5 Å². The maximum atomic E-state index is 13.4. The number of nitrogens with zero attached hydrogens (tertiary/aromatic N) is 1. The number of halogens is 2. The summed E-state index contributed by atoms with van der Waals surface area (Å²) in [4.78, 5) is 13.7. The molecule has 0 aromatic heterocycles. The van der Waals surface area contributed by atoms with Gasteiger partial charge in [-0.15, -0.1) is 0 Å². The molecule has 2 aromatic rings. The molecule has 0 bridgehead atoms. The average molecular weight is 290 g/mol. The Balaban J connectivity index is 1.91. The summed E-state index contributed by atoms with van der Waals surface area (Å²) >= 11 is 0. The van der Waals surface area contributed by atoms with Crippen molar-refractivity contribution < 1.29 is 13.6 Å². The monoisotopic (exact) mass is 290 g/mol. The van der Waals surface area contributed by atoms with Crippen LogP contribution in [0.5, 0.6) is 0 Å². The van der Waals surface area contributed by atoms with Gasteiger partial charge in [-0.1, -0.05) is 24.3 Å². The highest BCUT2D eigenvalue weighted by Crippen LogP contribution is 2.18. The molecular weight excluding hydrogens is 274 g/mol. The minimum Gasteiger partial charge on any atom is -0.374 e. The number of hydrogen-bond acceptors (Lipinski definition) is 2. The standard InChI is InChI=1S/C16H16F2N2O/c1-20(12-6-3-2-4-7-12)11-10-15(21)19-16-13(17)8-5-9-14(16)18/h2-9H,10-11H2,1H3,(H,19,21). The molecule has 0 saturated heterocycles. The summed E-state index contributed by atoms with van der Waals surface area (Å²) in [6, 6.07) is 13.0. The van der Waals surface area contributed by atoms with E-state index >= 15 is 0 Å². The summed E-state index contributed by atoms with van der Waals surface area (Å²) < 4.78 is 26.8. The lowest BCUT2D eigenvalue weighted by molar-refractivity contribution is -0.116. The SMILES string of the molecule is CN(CCC(=O)Nc1c(F)cccc1F)c1ccccc1. The van der Waals surface area contributed by atoms with E-state index in [1.54, 1.807) is 0 Å². The lowest BCUT2D eigenvalue weighted by Crippen LogP contribution is -2.24. The van der Waals surface area contributed by atoms with Crippen LogP contribution in [0, 0.1) is 11.6 Å². The number of para-hydroxylation sites is 2. The first-order valence-electron chi connectivity index (χ1n) is 6.58. The molecule has 0 spiro atoms. The smallest absolute Gasteiger partial charge is 0.226 e. The van der Waals surface area contributed by atoms with E-state index < -0.39 is 23.2 Å². The second kappa shape index (κ2) is 6.83. The van der Waals surface area contributed by atoms with Crippen molar-refractivity contribution in [2.24, 2.45) is 0 Å². The highest BCUT2D eigenvalue weighted by molar-refractivity contribution is 5.91. The van der Waals surface area contributed by atoms with E-state index in [-0.39, 0.29) is 6.42 Å². The maximum absolute atomic E-state index is 13.4. The van der Waals surface area contributed by atoms with E-state index in [0.717, 1.165) is 17.8 Å². The Labute approximate surface area is 122 Å². The Morgan fingerprint density at radius 1 is 1.05 bits per heavy atom. The molecule has 3 nitrogen and oxygen atoms in total. The van der Waals surface area contributed by atoms with Gasteiger partial charge in [-0.05, 0) is 24.3 Å². The van der Waals surface area contributed by atoms with Crippen molar-refractivity contribution >= 4 is 17.3 Å². The summed E-state index contributed by atoms with van der Waals surface area (Å²) in [6.07, 6.45) is 0.138. The number of carbonyl (C=O) groups is 1. The van der Waals surface area contributed by atoms with Crippen LogP contribution in [0.4, 0.5) is 20.2 Å². The van der Waals surface area contributed by atoms with Gasteiger partial charge < -0.3 is 10.2 Å². The lowest BCUT2D eigenvalue weighted by atomic mass is 10.2. The molecule has 1 amide bonds. The van der Waals surface area contributed by atoms with E-state index in [0.29, 0.717) is 6.54 Å². The zero-order chi connectivity index (χ0) is 15.2. The van der Waals surface area contributed by atoms with Gasteiger partial charge in [0.15, 0.2) is 0 Å². The fraction of sp³-hybridized carbons (Fsp3) is 0.188. The van der Waals surface area contributed by atoms with Gasteiger partial charge in [-0.3, -0.25) is 4.79 Å². The van der Waals surface area contributed by atoms with Crippen LogP contribution < -0.4 is 10.2 Å². The van der Waals surface area contributed by atoms with E-state index in [2.05, 4.69) is 5.32 Å². The summed E-state index contributed by atoms with van der Waals surface area (Å²) in [6.45, 7) is 0.450. The second-order valence-corrected chi connectivity index (χ2v) is 4.65. The summed E-state index contributed by atoms with van der Waals surface area (Å²) in [7, 11) is 1.85. The van der Waals surface area contributed by atoms with Crippen LogP contribution in [0.15, 0.2) is 48.5 Å². The third-order valence-electron chi connectivity index (χ3n) is 3.10. The van der Waals surface area contributed by atoms with Crippen LogP contribution in [0.1, 0.15) is 6.42 Å². The number of benzene rings is 2. The Morgan fingerprint density at radius 2 is 1.67 bits per heavy atom. The van der Waals surface area contributed by atoms with Gasteiger partial charge in [0.05, 0.1) is 0 Å². The van der Waals surface area contributed by atoms with Crippen LogP contribution in [0.25, 0.3) is 0 Å². The average Bonchev–Trinajstić information content (AvgIpc) is 2.49. The van der Waals surface area contributed by atoms with Crippen molar-refractivity contribution in [1.29, 1.82) is 0 Å². The summed E-state index contributed by atoms with van der Waals surface area (Å²) in [5.74, 6) is -1.98. The normalized spacial score (nSPS) is 10.2. The molecule has 21 heavy (non-hydrogen) atoms. The van der Waals surface area contributed by atoms with Gasteiger partial charge in [0.1, 0.15) is 17.3 Å². The third kappa shape index (κ3) is 4.02. The topological polar surface area (TPSA) is 32.3 Å². The van der Waals surface area contributed by atoms with E-state index in [4.69, 9.17) is 0 Å². The predicted octanol–water partition coefficient (Wildman–Crippen LogP) is 3.43. The van der Waals surface area contributed by atoms with Crippen LogP contribution in [0.3, 0.4) is 0 Å². The lowest BCUT2D eigenvalue weighted by Gasteiger charge is -2.18. The zero-order valence-electron chi connectivity index (χ0n) is 11.6. The number of rotatable bonds is 5. The molecule has 0 aliphatic carbocycles. The van der Waals surface area contributed by atoms with Crippen molar-refractivity contribution in [1.82, 2.24) is 0 Å². The molecule has 0 aliphatic rings. The van der Waals surface area contributed by atoms with Gasteiger partial charge in [0.2, 0.25) is 5.91 Å². The molecule has 0 aliphatic heterocycles. The molecule has 1 N–H and O–H groups in total. The molecule has 110 valence electrons. The number of carbonyl (C=O) groups excluding carboxylic acids is 1. The van der Waals surface area contributed by atoms with Crippen LogP contribution >= 0.6 is 0 Å². The molecule has 2 rings (SSSR count). The Morgan fingerprint density at radius 3 is 2.29 bits per heavy atom. The molecular formula is C16H16F2N2O. The van der Waals surface area contributed by atoms with Gasteiger partial charge in [-0.25, -0.2) is 8.78 Å². The largest absolute Gasteiger partial charge is 0.374 e. The second-order valence-electron chi connectivity index (χ2n) is 4.65. The Kier molecular flexibility index (Phi) is 4.87. The number of hydrogen-bond donors (Lipinski definition) is 1. The third-order valence-corrected chi connectivity index (χ3v) is 3.10. The van der Waals surface area contributed by atoms with Gasteiger partial charge in [-0.2, -0.15) is 0 Å². The minimum atomic E-state index is -0.778. The first-order valence-corrected chi connectivity index (χ1v) is 6.58. The number of amides is 1. The number of nitrogens with one attached hydrogen (secondary N) is 1. The first-order chi connectivity index (χ1) is 10.1.